The number of hydrazone groups is 1. The Balaban J connectivity index is 2.98. The molecule has 1 rings (SSSR count). The van der Waals surface area contributed by atoms with Gasteiger partial charge in [0.05, 0.1) is 7.11 Å². The molecule has 0 bridgehead atoms. The molecule has 0 aromatic rings. The van der Waals surface area contributed by atoms with Crippen LogP contribution in [0.2, 0.25) is 0 Å². The van der Waals surface area contributed by atoms with E-state index in [0.717, 1.165) is 0 Å². The highest BCUT2D eigenvalue weighted by Crippen LogP contribution is 2.21. The lowest BCUT2D eigenvalue weighted by atomic mass is 10.0. The fraction of sp³-hybridized carbons (Fsp3) is 0.692. The second kappa shape index (κ2) is 16.4. The maximum Gasteiger partial charge on any atom is 0.328 e. The minimum absolute atomic E-state index is 0.135. The highest BCUT2D eigenvalue weighted by Gasteiger charge is 2.40. The minimum Gasteiger partial charge on any atom is -0.467 e. The zero-order valence-electron chi connectivity index (χ0n) is 23.9. The molecular formula is C26H45N7O6. The molecule has 6 N–H and O–H groups in total. The number of rotatable bonds is 15. The van der Waals surface area contributed by atoms with E-state index in [1.165, 1.54) is 25.1 Å². The fourth-order valence-electron chi connectivity index (χ4n) is 4.29. The molecule has 4 atom stereocenters. The van der Waals surface area contributed by atoms with Crippen LogP contribution in [-0.4, -0.2) is 78.5 Å². The van der Waals surface area contributed by atoms with Gasteiger partial charge in [-0.05, 0) is 43.9 Å². The van der Waals surface area contributed by atoms with Crippen molar-refractivity contribution in [2.24, 2.45) is 22.7 Å². The molecule has 0 saturated carbocycles. The van der Waals surface area contributed by atoms with Gasteiger partial charge in [-0.1, -0.05) is 34.3 Å². The van der Waals surface area contributed by atoms with Crippen LogP contribution in [0.25, 0.3) is 0 Å². The zero-order valence-corrected chi connectivity index (χ0v) is 23.9. The number of nitrogens with one attached hydrogen (secondary N) is 4. The lowest BCUT2D eigenvalue weighted by Gasteiger charge is -2.32. The van der Waals surface area contributed by atoms with Gasteiger partial charge in [0.1, 0.15) is 30.0 Å². The number of nitrogens with zero attached hydrogens (tertiary/aromatic N) is 2. The summed E-state index contributed by atoms with van der Waals surface area (Å²) in [5.41, 5.74) is 7.86. The number of hydrogen-bond acceptors (Lipinski definition) is 9. The topological polar surface area (TPSA) is 184 Å². The van der Waals surface area contributed by atoms with Crippen LogP contribution in [-0.2, 0) is 28.7 Å². The predicted octanol–water partition coefficient (Wildman–Crippen LogP) is 0.112. The van der Waals surface area contributed by atoms with Crippen molar-refractivity contribution in [3.05, 3.63) is 12.4 Å². The Morgan fingerprint density at radius 1 is 1.10 bits per heavy atom. The van der Waals surface area contributed by atoms with Crippen molar-refractivity contribution in [1.29, 1.82) is 0 Å². The van der Waals surface area contributed by atoms with Crippen LogP contribution >= 0.6 is 0 Å². The first-order valence-corrected chi connectivity index (χ1v) is 13.3. The first kappa shape index (κ1) is 33.4. The SMILES string of the molecule is C=C(N)N/N=C\CC[C@H](NC(C)=O)C(=O)N[C@H](C(=O)N1CCC[C@H]1C(=O)N[C@@H](CC(C)C)C(=O)OC)C(C)C. The van der Waals surface area contributed by atoms with E-state index in [4.69, 9.17) is 10.5 Å². The Morgan fingerprint density at radius 2 is 1.77 bits per heavy atom. The highest BCUT2D eigenvalue weighted by molar-refractivity contribution is 5.95. The summed E-state index contributed by atoms with van der Waals surface area (Å²) in [5.74, 6) is -2.30. The van der Waals surface area contributed by atoms with E-state index in [1.807, 2.05) is 13.8 Å². The third kappa shape index (κ3) is 11.3. The molecule has 1 saturated heterocycles. The maximum atomic E-state index is 13.6. The van der Waals surface area contributed by atoms with Gasteiger partial charge in [0.2, 0.25) is 23.6 Å². The monoisotopic (exact) mass is 551 g/mol. The Kier molecular flexibility index (Phi) is 14.0. The van der Waals surface area contributed by atoms with Gasteiger partial charge in [0.15, 0.2) is 0 Å². The molecule has 0 aliphatic carbocycles. The van der Waals surface area contributed by atoms with E-state index in [1.54, 1.807) is 13.8 Å². The third-order valence-corrected chi connectivity index (χ3v) is 6.16. The smallest absolute Gasteiger partial charge is 0.328 e. The van der Waals surface area contributed by atoms with E-state index in [0.29, 0.717) is 32.2 Å². The Morgan fingerprint density at radius 3 is 2.31 bits per heavy atom. The van der Waals surface area contributed by atoms with Crippen molar-refractivity contribution in [2.45, 2.75) is 90.9 Å². The van der Waals surface area contributed by atoms with Gasteiger partial charge in [-0.3, -0.25) is 24.6 Å². The van der Waals surface area contributed by atoms with Gasteiger partial charge in [0.25, 0.3) is 0 Å². The number of esters is 1. The molecule has 220 valence electrons. The van der Waals surface area contributed by atoms with Crippen molar-refractivity contribution in [3.8, 4) is 0 Å². The number of ether oxygens (including phenoxy) is 1. The average molecular weight is 552 g/mol. The van der Waals surface area contributed by atoms with Crippen LogP contribution in [0.4, 0.5) is 0 Å². The number of nitrogens with two attached hydrogens (primary N) is 1. The molecule has 1 fully saturated rings. The summed E-state index contributed by atoms with van der Waals surface area (Å²) in [7, 11) is 1.26. The first-order chi connectivity index (χ1) is 18.3. The molecule has 1 heterocycles. The van der Waals surface area contributed by atoms with E-state index in [-0.39, 0.29) is 24.1 Å². The predicted molar refractivity (Wildman–Crippen MR) is 147 cm³/mol. The summed E-state index contributed by atoms with van der Waals surface area (Å²) in [6.07, 6.45) is 3.50. The molecule has 0 radical (unpaired) electrons. The van der Waals surface area contributed by atoms with Crippen molar-refractivity contribution in [2.75, 3.05) is 13.7 Å². The maximum absolute atomic E-state index is 13.6. The highest BCUT2D eigenvalue weighted by atomic mass is 16.5. The van der Waals surface area contributed by atoms with Gasteiger partial charge >= 0.3 is 5.97 Å². The number of likely N-dealkylation sites (tertiary alicyclic amines) is 1. The van der Waals surface area contributed by atoms with Gasteiger partial charge in [-0.15, -0.1) is 0 Å². The summed E-state index contributed by atoms with van der Waals surface area (Å²) in [6.45, 7) is 12.5. The zero-order chi connectivity index (χ0) is 29.7. The molecule has 13 nitrogen and oxygen atoms in total. The Bertz CT molecular complexity index is 920. The summed E-state index contributed by atoms with van der Waals surface area (Å²) in [4.78, 5) is 65.3. The molecule has 0 unspecified atom stereocenters. The van der Waals surface area contributed by atoms with Crippen molar-refractivity contribution >= 4 is 35.8 Å². The summed E-state index contributed by atoms with van der Waals surface area (Å²) in [6, 6.07) is -3.42. The van der Waals surface area contributed by atoms with Crippen LogP contribution in [0.3, 0.4) is 0 Å². The quantitative estimate of drug-likeness (QED) is 0.108. The second-order valence-corrected chi connectivity index (χ2v) is 10.4. The van der Waals surface area contributed by atoms with E-state index in [9.17, 15) is 24.0 Å². The second-order valence-electron chi connectivity index (χ2n) is 10.4. The molecule has 0 spiro atoms. The molecule has 39 heavy (non-hydrogen) atoms. The molecule has 0 aromatic heterocycles. The van der Waals surface area contributed by atoms with Gasteiger partial charge in [0, 0.05) is 19.7 Å². The third-order valence-electron chi connectivity index (χ3n) is 6.16. The number of amides is 4. The van der Waals surface area contributed by atoms with Crippen LogP contribution in [0.1, 0.15) is 66.7 Å². The summed E-state index contributed by atoms with van der Waals surface area (Å²) in [5, 5.41) is 12.0. The fourth-order valence-corrected chi connectivity index (χ4v) is 4.29. The van der Waals surface area contributed by atoms with E-state index in [2.05, 4.69) is 33.1 Å². The molecule has 1 aliphatic heterocycles. The lowest BCUT2D eigenvalue weighted by Crippen LogP contribution is -2.58. The molecule has 1 aliphatic rings. The van der Waals surface area contributed by atoms with E-state index < -0.39 is 53.8 Å². The largest absolute Gasteiger partial charge is 0.467 e. The summed E-state index contributed by atoms with van der Waals surface area (Å²) >= 11 is 0. The number of methoxy groups -OCH3 is 1. The molecular weight excluding hydrogens is 506 g/mol. The van der Waals surface area contributed by atoms with Gasteiger partial charge in [-0.2, -0.15) is 5.10 Å². The standard InChI is InChI=1S/C26H45N7O6/c1-15(2)14-20(26(38)39-7)30-24(36)21-11-9-13-33(21)25(37)22(16(3)4)31-23(35)19(29-18(6)34)10-8-12-28-32-17(5)27/h12,15-16,19-22,32H,5,8-11,13-14,27H2,1-4,6-7H3,(H,29,34)(H,30,36)(H,31,35)/b28-12-/t19-,20-,21-,22-/m0/s1. The van der Waals surface area contributed by atoms with Crippen LogP contribution in [0.5, 0.6) is 0 Å². The minimum atomic E-state index is -0.926. The molecule has 13 heteroatoms. The normalized spacial score (nSPS) is 17.4. The first-order valence-electron chi connectivity index (χ1n) is 13.3. The molecule has 4 amide bonds. The molecule has 0 aromatic carbocycles. The van der Waals surface area contributed by atoms with Crippen molar-refractivity contribution in [3.63, 3.8) is 0 Å². The van der Waals surface area contributed by atoms with Crippen LogP contribution < -0.4 is 27.1 Å². The number of hydrogen-bond donors (Lipinski definition) is 5. The number of carbonyl (C=O) groups is 5. The van der Waals surface area contributed by atoms with Gasteiger partial charge < -0.3 is 31.3 Å². The van der Waals surface area contributed by atoms with Crippen molar-refractivity contribution < 1.29 is 28.7 Å². The lowest BCUT2D eigenvalue weighted by molar-refractivity contribution is -0.147. The van der Waals surface area contributed by atoms with E-state index >= 15 is 0 Å². The van der Waals surface area contributed by atoms with Gasteiger partial charge in [-0.25, -0.2) is 4.79 Å². The summed E-state index contributed by atoms with van der Waals surface area (Å²) < 4.78 is 4.83. The van der Waals surface area contributed by atoms with Crippen molar-refractivity contribution in [1.82, 2.24) is 26.3 Å². The van der Waals surface area contributed by atoms with Crippen LogP contribution in [0, 0.1) is 11.8 Å². The number of carbonyl (C=O) groups excluding carboxylic acids is 5. The Labute approximate surface area is 230 Å². The average Bonchev–Trinajstić information content (AvgIpc) is 3.34. The van der Waals surface area contributed by atoms with Crippen LogP contribution in [0.15, 0.2) is 17.5 Å². The Hall–Kier alpha value is -3.64.